The number of nitrogens with one attached hydrogen (secondary N) is 1. The first-order valence-electron chi connectivity index (χ1n) is 7.28. The summed E-state index contributed by atoms with van der Waals surface area (Å²) in [6.45, 7) is 2.68. The molecular formula is C18H22N2O. The Balaban J connectivity index is 1.82. The zero-order valence-corrected chi connectivity index (χ0v) is 12.6. The number of benzene rings is 2. The molecule has 0 heterocycles. The van der Waals surface area contributed by atoms with Gasteiger partial charge in [0.2, 0.25) is 0 Å². The van der Waals surface area contributed by atoms with Crippen molar-refractivity contribution in [3.05, 3.63) is 71.8 Å². The Bertz CT molecular complexity index is 554. The average molecular weight is 282 g/mol. The lowest BCUT2D eigenvalue weighted by atomic mass is 10.1. The van der Waals surface area contributed by atoms with Crippen LogP contribution in [0.2, 0.25) is 0 Å². The Morgan fingerprint density at radius 2 is 1.62 bits per heavy atom. The molecule has 0 aliphatic carbocycles. The Hall–Kier alpha value is -2.29. The molecule has 0 aliphatic rings. The van der Waals surface area contributed by atoms with Crippen molar-refractivity contribution in [1.82, 2.24) is 10.2 Å². The van der Waals surface area contributed by atoms with Crippen LogP contribution in [0.5, 0.6) is 0 Å². The standard InChI is InChI=1S/C18H22N2O/c1-15(17-11-7-4-8-12-17)20(2)18(21)19-14-13-16-9-5-3-6-10-16/h3-12,15H,13-14H2,1-2H3,(H,19,21). The van der Waals surface area contributed by atoms with Crippen LogP contribution in [-0.2, 0) is 6.42 Å². The van der Waals surface area contributed by atoms with E-state index in [0.29, 0.717) is 6.54 Å². The van der Waals surface area contributed by atoms with Crippen LogP contribution in [-0.4, -0.2) is 24.5 Å². The second-order valence-corrected chi connectivity index (χ2v) is 5.17. The summed E-state index contributed by atoms with van der Waals surface area (Å²) in [5.41, 5.74) is 2.37. The van der Waals surface area contributed by atoms with Crippen LogP contribution in [0.15, 0.2) is 60.7 Å². The molecule has 2 rings (SSSR count). The monoisotopic (exact) mass is 282 g/mol. The predicted octanol–water partition coefficient (Wildman–Crippen LogP) is 3.63. The van der Waals surface area contributed by atoms with Crippen LogP contribution in [0.1, 0.15) is 24.1 Å². The van der Waals surface area contributed by atoms with Gasteiger partial charge < -0.3 is 10.2 Å². The molecule has 3 nitrogen and oxygen atoms in total. The van der Waals surface area contributed by atoms with Crippen LogP contribution in [0.25, 0.3) is 0 Å². The third-order valence-corrected chi connectivity index (χ3v) is 3.72. The molecule has 21 heavy (non-hydrogen) atoms. The summed E-state index contributed by atoms with van der Waals surface area (Å²) < 4.78 is 0. The first kappa shape index (κ1) is 15.1. The third-order valence-electron chi connectivity index (χ3n) is 3.72. The van der Waals surface area contributed by atoms with Gasteiger partial charge in [0, 0.05) is 13.6 Å². The van der Waals surface area contributed by atoms with Gasteiger partial charge in [0.25, 0.3) is 0 Å². The quantitative estimate of drug-likeness (QED) is 0.892. The van der Waals surface area contributed by atoms with Gasteiger partial charge in [-0.25, -0.2) is 4.79 Å². The minimum absolute atomic E-state index is 0.0396. The molecule has 0 bridgehead atoms. The number of hydrogen-bond donors (Lipinski definition) is 1. The molecule has 0 saturated heterocycles. The van der Waals surface area contributed by atoms with Crippen LogP contribution >= 0.6 is 0 Å². The minimum Gasteiger partial charge on any atom is -0.338 e. The van der Waals surface area contributed by atoms with Gasteiger partial charge in [-0.1, -0.05) is 60.7 Å². The Morgan fingerprint density at radius 1 is 1.05 bits per heavy atom. The molecule has 0 aromatic heterocycles. The van der Waals surface area contributed by atoms with E-state index in [9.17, 15) is 4.79 Å². The van der Waals surface area contributed by atoms with Crippen LogP contribution in [0, 0.1) is 0 Å². The number of hydrogen-bond acceptors (Lipinski definition) is 1. The predicted molar refractivity (Wildman–Crippen MR) is 86.2 cm³/mol. The van der Waals surface area contributed by atoms with Gasteiger partial charge in [0.15, 0.2) is 0 Å². The largest absolute Gasteiger partial charge is 0.338 e. The lowest BCUT2D eigenvalue weighted by Gasteiger charge is -2.25. The molecule has 2 aromatic rings. The van der Waals surface area contributed by atoms with E-state index in [4.69, 9.17) is 0 Å². The maximum absolute atomic E-state index is 12.2. The number of urea groups is 1. The maximum Gasteiger partial charge on any atom is 0.317 e. The molecular weight excluding hydrogens is 260 g/mol. The molecule has 1 unspecified atom stereocenters. The summed E-state index contributed by atoms with van der Waals surface area (Å²) in [4.78, 5) is 13.9. The number of rotatable bonds is 5. The summed E-state index contributed by atoms with van der Waals surface area (Å²) in [6, 6.07) is 20.2. The van der Waals surface area contributed by atoms with E-state index in [2.05, 4.69) is 17.4 Å². The summed E-state index contributed by atoms with van der Waals surface area (Å²) in [5, 5.41) is 2.97. The van der Waals surface area contributed by atoms with E-state index in [1.165, 1.54) is 5.56 Å². The summed E-state index contributed by atoms with van der Waals surface area (Å²) in [5.74, 6) is 0. The van der Waals surface area contributed by atoms with Crippen LogP contribution in [0.4, 0.5) is 4.79 Å². The smallest absolute Gasteiger partial charge is 0.317 e. The molecule has 0 saturated carbocycles. The van der Waals surface area contributed by atoms with Crippen molar-refractivity contribution in [2.45, 2.75) is 19.4 Å². The zero-order valence-electron chi connectivity index (χ0n) is 12.6. The molecule has 0 aliphatic heterocycles. The zero-order chi connectivity index (χ0) is 15.1. The fraction of sp³-hybridized carbons (Fsp3) is 0.278. The lowest BCUT2D eigenvalue weighted by Crippen LogP contribution is -2.39. The Morgan fingerprint density at radius 3 is 2.24 bits per heavy atom. The second-order valence-electron chi connectivity index (χ2n) is 5.17. The second kappa shape index (κ2) is 7.48. The highest BCUT2D eigenvalue weighted by atomic mass is 16.2. The highest BCUT2D eigenvalue weighted by Gasteiger charge is 2.16. The summed E-state index contributed by atoms with van der Waals surface area (Å²) in [6.07, 6.45) is 0.847. The molecule has 1 N–H and O–H groups in total. The van der Waals surface area contributed by atoms with E-state index < -0.39 is 0 Å². The van der Waals surface area contributed by atoms with Gasteiger partial charge in [-0.3, -0.25) is 0 Å². The number of carbonyl (C=O) groups is 1. The maximum atomic E-state index is 12.2. The highest BCUT2D eigenvalue weighted by molar-refractivity contribution is 5.74. The number of carbonyl (C=O) groups excluding carboxylic acids is 1. The van der Waals surface area contributed by atoms with Crippen molar-refractivity contribution in [2.24, 2.45) is 0 Å². The first-order chi connectivity index (χ1) is 10.2. The molecule has 110 valence electrons. The van der Waals surface area contributed by atoms with Crippen molar-refractivity contribution < 1.29 is 4.79 Å². The average Bonchev–Trinajstić information content (AvgIpc) is 2.55. The molecule has 0 fully saturated rings. The minimum atomic E-state index is -0.0396. The highest BCUT2D eigenvalue weighted by Crippen LogP contribution is 2.17. The van der Waals surface area contributed by atoms with Gasteiger partial charge in [0.1, 0.15) is 0 Å². The van der Waals surface area contributed by atoms with E-state index in [1.807, 2.05) is 62.5 Å². The Labute approximate surface area is 126 Å². The van der Waals surface area contributed by atoms with Crippen molar-refractivity contribution in [1.29, 1.82) is 0 Å². The van der Waals surface area contributed by atoms with E-state index >= 15 is 0 Å². The van der Waals surface area contributed by atoms with Crippen molar-refractivity contribution in [2.75, 3.05) is 13.6 Å². The van der Waals surface area contributed by atoms with Crippen molar-refractivity contribution in [3.8, 4) is 0 Å². The fourth-order valence-corrected chi connectivity index (χ4v) is 2.21. The van der Waals surface area contributed by atoms with Gasteiger partial charge in [-0.15, -0.1) is 0 Å². The van der Waals surface area contributed by atoms with E-state index in [1.54, 1.807) is 4.90 Å². The van der Waals surface area contributed by atoms with Gasteiger partial charge in [-0.2, -0.15) is 0 Å². The van der Waals surface area contributed by atoms with Crippen LogP contribution in [0.3, 0.4) is 0 Å². The summed E-state index contributed by atoms with van der Waals surface area (Å²) >= 11 is 0. The molecule has 0 spiro atoms. The van der Waals surface area contributed by atoms with Crippen LogP contribution < -0.4 is 5.32 Å². The topological polar surface area (TPSA) is 32.3 Å². The van der Waals surface area contributed by atoms with E-state index in [-0.39, 0.29) is 12.1 Å². The fourth-order valence-electron chi connectivity index (χ4n) is 2.21. The third kappa shape index (κ3) is 4.35. The number of nitrogens with zero attached hydrogens (tertiary/aromatic N) is 1. The van der Waals surface area contributed by atoms with Gasteiger partial charge in [0.05, 0.1) is 6.04 Å². The molecule has 2 amide bonds. The first-order valence-corrected chi connectivity index (χ1v) is 7.28. The lowest BCUT2D eigenvalue weighted by molar-refractivity contribution is 0.194. The van der Waals surface area contributed by atoms with Gasteiger partial charge in [-0.05, 0) is 24.5 Å². The molecule has 1 atom stereocenters. The summed E-state index contributed by atoms with van der Waals surface area (Å²) in [7, 11) is 1.83. The van der Waals surface area contributed by atoms with Crippen molar-refractivity contribution in [3.63, 3.8) is 0 Å². The van der Waals surface area contributed by atoms with E-state index in [0.717, 1.165) is 12.0 Å². The SMILES string of the molecule is CC(c1ccccc1)N(C)C(=O)NCCc1ccccc1. The van der Waals surface area contributed by atoms with Gasteiger partial charge >= 0.3 is 6.03 Å². The normalized spacial score (nSPS) is 11.7. The van der Waals surface area contributed by atoms with Crippen molar-refractivity contribution >= 4 is 6.03 Å². The molecule has 3 heteroatoms. The molecule has 2 aromatic carbocycles. The molecule has 0 radical (unpaired) electrons. The number of amides is 2. The Kier molecular flexibility index (Phi) is 5.38.